The van der Waals surface area contributed by atoms with Gasteiger partial charge in [-0.2, -0.15) is 0 Å². The molecule has 0 bridgehead atoms. The number of unbranched alkanes of at least 4 members (excludes halogenated alkanes) is 9. The van der Waals surface area contributed by atoms with Crippen LogP contribution in [0.3, 0.4) is 0 Å². The number of carbonyl (C=O) groups excluding carboxylic acids is 1. The number of carbonyl (C=O) groups is 1. The number of hydrogen-bond donors (Lipinski definition) is 4. The lowest BCUT2D eigenvalue weighted by Crippen LogP contribution is -2.33. The lowest BCUT2D eigenvalue weighted by atomic mass is 9.98. The monoisotopic (exact) mass is 638 g/mol. The molecular weight excluding hydrogens is 572 g/mol. The van der Waals surface area contributed by atoms with E-state index in [1.165, 1.54) is 44.9 Å². The summed E-state index contributed by atoms with van der Waals surface area (Å²) in [5.74, 6) is -0.138. The van der Waals surface area contributed by atoms with Crippen LogP contribution in [-0.2, 0) is 19.0 Å². The van der Waals surface area contributed by atoms with Crippen molar-refractivity contribution in [1.82, 2.24) is 0 Å². The second kappa shape index (κ2) is 21.8. The van der Waals surface area contributed by atoms with E-state index < -0.39 is 18.3 Å². The molecule has 262 valence electrons. The molecule has 3 aliphatic heterocycles. The van der Waals surface area contributed by atoms with Gasteiger partial charge in [0.15, 0.2) is 0 Å². The van der Waals surface area contributed by atoms with Crippen molar-refractivity contribution in [2.75, 3.05) is 0 Å². The van der Waals surface area contributed by atoms with Crippen LogP contribution in [0.5, 0.6) is 0 Å². The first-order valence-corrected chi connectivity index (χ1v) is 18.7. The number of aliphatic hydroxyl groups excluding tert-OH is 4. The van der Waals surface area contributed by atoms with Gasteiger partial charge in [-0.15, -0.1) is 0 Å². The standard InChI is InChI=1S/C37H66O8/c1-3-4-5-12-16-29(38)17-14-19-31(39)35-24-25-36(45-35)33(41)22-21-32(40)34-23-20-30(44-34)18-13-10-8-6-7-9-11-15-28-26-27(2)43-37(28)42/h26-27,29-36,38-41H,3-25H2,1-2H3/t27-,29+,30-,31-,32+,33-,34+,35+,36+/m0/s1. The van der Waals surface area contributed by atoms with E-state index in [9.17, 15) is 25.2 Å². The second-order valence-corrected chi connectivity index (χ2v) is 14.2. The predicted octanol–water partition coefficient (Wildman–Crippen LogP) is 6.83. The van der Waals surface area contributed by atoms with Crippen molar-refractivity contribution in [2.24, 2.45) is 0 Å². The van der Waals surface area contributed by atoms with Crippen LogP contribution in [0.1, 0.15) is 162 Å². The summed E-state index contributed by atoms with van der Waals surface area (Å²) in [7, 11) is 0. The Balaban J connectivity index is 1.16. The van der Waals surface area contributed by atoms with E-state index in [0.717, 1.165) is 82.6 Å². The van der Waals surface area contributed by atoms with Crippen molar-refractivity contribution in [1.29, 1.82) is 0 Å². The van der Waals surface area contributed by atoms with Gasteiger partial charge in [0, 0.05) is 5.57 Å². The van der Waals surface area contributed by atoms with Gasteiger partial charge in [-0.25, -0.2) is 4.79 Å². The summed E-state index contributed by atoms with van der Waals surface area (Å²) in [5, 5.41) is 42.3. The average molecular weight is 639 g/mol. The Labute approximate surface area is 273 Å². The van der Waals surface area contributed by atoms with Crippen LogP contribution in [0.25, 0.3) is 0 Å². The molecule has 2 fully saturated rings. The highest BCUT2D eigenvalue weighted by Gasteiger charge is 2.36. The number of aliphatic hydroxyl groups is 4. The maximum Gasteiger partial charge on any atom is 0.334 e. The van der Waals surface area contributed by atoms with Gasteiger partial charge >= 0.3 is 5.97 Å². The fourth-order valence-corrected chi connectivity index (χ4v) is 7.28. The first kappa shape index (κ1) is 38.4. The van der Waals surface area contributed by atoms with Crippen LogP contribution in [0.15, 0.2) is 11.6 Å². The minimum atomic E-state index is -0.654. The third-order valence-corrected chi connectivity index (χ3v) is 10.2. The van der Waals surface area contributed by atoms with Gasteiger partial charge in [-0.1, -0.05) is 71.1 Å². The summed E-state index contributed by atoms with van der Waals surface area (Å²) in [5.41, 5.74) is 0.846. The third-order valence-electron chi connectivity index (χ3n) is 10.2. The summed E-state index contributed by atoms with van der Waals surface area (Å²) < 4.78 is 17.4. The fourth-order valence-electron chi connectivity index (χ4n) is 7.28. The zero-order valence-corrected chi connectivity index (χ0v) is 28.5. The van der Waals surface area contributed by atoms with Gasteiger partial charge in [0.2, 0.25) is 0 Å². The number of rotatable bonds is 25. The zero-order chi connectivity index (χ0) is 32.4. The highest BCUT2D eigenvalue weighted by atomic mass is 16.5. The molecule has 3 rings (SSSR count). The highest BCUT2D eigenvalue weighted by molar-refractivity contribution is 5.90. The minimum absolute atomic E-state index is 0.0675. The lowest BCUT2D eigenvalue weighted by Gasteiger charge is -2.24. The molecule has 3 aliphatic rings. The molecule has 0 aliphatic carbocycles. The molecule has 8 nitrogen and oxygen atoms in total. The Morgan fingerprint density at radius 1 is 0.667 bits per heavy atom. The van der Waals surface area contributed by atoms with Crippen molar-refractivity contribution in [3.63, 3.8) is 0 Å². The van der Waals surface area contributed by atoms with Crippen molar-refractivity contribution >= 4 is 5.97 Å². The normalized spacial score (nSPS) is 27.8. The first-order valence-electron chi connectivity index (χ1n) is 18.7. The summed E-state index contributed by atoms with van der Waals surface area (Å²) >= 11 is 0. The second-order valence-electron chi connectivity index (χ2n) is 14.2. The Morgan fingerprint density at radius 3 is 1.87 bits per heavy atom. The van der Waals surface area contributed by atoms with Crippen molar-refractivity contribution in [3.8, 4) is 0 Å². The number of cyclic esters (lactones) is 1. The van der Waals surface area contributed by atoms with E-state index in [1.807, 2.05) is 13.0 Å². The summed E-state index contributed by atoms with van der Waals surface area (Å²) in [6, 6.07) is 0. The van der Waals surface area contributed by atoms with Gasteiger partial charge in [-0.3, -0.25) is 0 Å². The predicted molar refractivity (Wildman–Crippen MR) is 177 cm³/mol. The number of esters is 1. The molecule has 3 heterocycles. The average Bonchev–Trinajstić information content (AvgIpc) is 3.77. The molecule has 0 aromatic carbocycles. The van der Waals surface area contributed by atoms with Crippen molar-refractivity contribution in [2.45, 2.75) is 216 Å². The number of hydrogen-bond acceptors (Lipinski definition) is 8. The van der Waals surface area contributed by atoms with E-state index in [2.05, 4.69) is 6.92 Å². The van der Waals surface area contributed by atoms with Crippen molar-refractivity contribution in [3.05, 3.63) is 11.6 Å². The van der Waals surface area contributed by atoms with E-state index in [0.29, 0.717) is 25.7 Å². The van der Waals surface area contributed by atoms with Crippen LogP contribution in [0, 0.1) is 0 Å². The largest absolute Gasteiger partial charge is 0.455 e. The summed E-state index contributed by atoms with van der Waals surface area (Å²) in [6.07, 6.45) is 21.2. The molecule has 0 aromatic rings. The van der Waals surface area contributed by atoms with E-state index in [4.69, 9.17) is 14.2 Å². The van der Waals surface area contributed by atoms with E-state index >= 15 is 0 Å². The Bertz CT molecular complexity index is 833. The lowest BCUT2D eigenvalue weighted by molar-refractivity contribution is -0.139. The van der Waals surface area contributed by atoms with Crippen LogP contribution in [0.2, 0.25) is 0 Å². The molecule has 0 spiro atoms. The molecule has 0 saturated carbocycles. The maximum atomic E-state index is 11.7. The first-order chi connectivity index (χ1) is 21.8. The molecule has 0 aromatic heterocycles. The van der Waals surface area contributed by atoms with Gasteiger partial charge in [0.1, 0.15) is 6.10 Å². The van der Waals surface area contributed by atoms with Crippen LogP contribution in [0.4, 0.5) is 0 Å². The molecule has 4 N–H and O–H groups in total. The molecular formula is C37H66O8. The van der Waals surface area contributed by atoms with E-state index in [1.54, 1.807) is 0 Å². The van der Waals surface area contributed by atoms with Crippen LogP contribution < -0.4 is 0 Å². The van der Waals surface area contributed by atoms with E-state index in [-0.39, 0.29) is 42.6 Å². The quantitative estimate of drug-likeness (QED) is 0.0634. The Kier molecular flexibility index (Phi) is 18.6. The smallest absolute Gasteiger partial charge is 0.334 e. The maximum absolute atomic E-state index is 11.7. The van der Waals surface area contributed by atoms with Gasteiger partial charge < -0.3 is 34.6 Å². The third kappa shape index (κ3) is 14.7. The molecule has 0 unspecified atom stereocenters. The molecule has 0 amide bonds. The van der Waals surface area contributed by atoms with Crippen molar-refractivity contribution < 1.29 is 39.4 Å². The zero-order valence-electron chi connectivity index (χ0n) is 28.5. The SMILES string of the molecule is CCCCCC[C@@H](O)CCC[C@H](O)[C@H]1CC[C@H]([C@@H](O)CC[C@@H](O)[C@H]2CC[C@H](CCCCCCCCCC3=C[C@H](C)OC3=O)O2)O1. The van der Waals surface area contributed by atoms with Gasteiger partial charge in [0.25, 0.3) is 0 Å². The van der Waals surface area contributed by atoms with Gasteiger partial charge in [-0.05, 0) is 96.5 Å². The Morgan fingerprint density at radius 2 is 1.22 bits per heavy atom. The molecule has 9 atom stereocenters. The highest BCUT2D eigenvalue weighted by Crippen LogP contribution is 2.31. The summed E-state index contributed by atoms with van der Waals surface area (Å²) in [4.78, 5) is 11.7. The topological polar surface area (TPSA) is 126 Å². The number of ether oxygens (including phenoxy) is 3. The van der Waals surface area contributed by atoms with Crippen LogP contribution >= 0.6 is 0 Å². The minimum Gasteiger partial charge on any atom is -0.455 e. The summed E-state index contributed by atoms with van der Waals surface area (Å²) in [6.45, 7) is 4.09. The van der Waals surface area contributed by atoms with Crippen LogP contribution in [-0.4, -0.2) is 81.3 Å². The fraction of sp³-hybridized carbons (Fsp3) is 0.919. The van der Waals surface area contributed by atoms with Gasteiger partial charge in [0.05, 0.1) is 48.8 Å². The molecule has 45 heavy (non-hydrogen) atoms. The molecule has 8 heteroatoms. The molecule has 2 saturated heterocycles. The Hall–Kier alpha value is -1.03. The molecule has 0 radical (unpaired) electrons.